The number of H-pyrrole nitrogens is 1. The van der Waals surface area contributed by atoms with Crippen LogP contribution in [0.4, 0.5) is 5.82 Å². The van der Waals surface area contributed by atoms with Gasteiger partial charge in [-0.25, -0.2) is 19.3 Å². The van der Waals surface area contributed by atoms with Crippen LogP contribution >= 0.6 is 0 Å². The Morgan fingerprint density at radius 1 is 1.59 bits per heavy atom. The Hall–Kier alpha value is -1.89. The fraction of sp³-hybridized carbons (Fsp3) is 0.500. The minimum absolute atomic E-state index is 0.257. The Bertz CT molecular complexity index is 584. The van der Waals surface area contributed by atoms with Crippen LogP contribution in [-0.2, 0) is 0 Å². The molecule has 0 saturated carbocycles. The average Bonchev–Trinajstić information content (AvgIpc) is 2.65. The molecule has 7 nitrogen and oxygen atoms in total. The van der Waals surface area contributed by atoms with Gasteiger partial charge < -0.3 is 10.2 Å². The molecule has 2 N–H and O–H groups in total. The minimum atomic E-state index is -0.257. The fourth-order valence-electron chi connectivity index (χ4n) is 2.06. The summed E-state index contributed by atoms with van der Waals surface area (Å²) in [6, 6.07) is 2.32. The van der Waals surface area contributed by atoms with Crippen molar-refractivity contribution in [1.29, 1.82) is 0 Å². The van der Waals surface area contributed by atoms with E-state index in [1.807, 2.05) is 6.07 Å². The third kappa shape index (κ3) is 1.59. The van der Waals surface area contributed by atoms with Gasteiger partial charge in [-0.3, -0.25) is 0 Å². The van der Waals surface area contributed by atoms with E-state index in [9.17, 15) is 4.79 Å². The summed E-state index contributed by atoms with van der Waals surface area (Å²) in [7, 11) is 0. The van der Waals surface area contributed by atoms with E-state index >= 15 is 0 Å². The summed E-state index contributed by atoms with van der Waals surface area (Å²) in [5.41, 5.74) is 0.346. The number of nitrogens with one attached hydrogen (secondary N) is 2. The summed E-state index contributed by atoms with van der Waals surface area (Å²) in [4.78, 5) is 17.8. The van der Waals surface area contributed by atoms with Gasteiger partial charge in [-0.05, 0) is 6.92 Å². The molecular formula is C10H14N6O. The Labute approximate surface area is 97.5 Å². The number of hydrogen-bond acceptors (Lipinski definition) is 5. The van der Waals surface area contributed by atoms with Crippen molar-refractivity contribution in [3.8, 4) is 0 Å². The molecule has 0 aliphatic carbocycles. The lowest BCUT2D eigenvalue weighted by molar-refractivity contribution is 0.415. The van der Waals surface area contributed by atoms with Gasteiger partial charge in [0.1, 0.15) is 12.1 Å². The Morgan fingerprint density at radius 3 is 3.06 bits per heavy atom. The van der Waals surface area contributed by atoms with Crippen molar-refractivity contribution < 1.29 is 0 Å². The topological polar surface area (TPSA) is 78.3 Å². The number of hydrogen-bond donors (Lipinski definition) is 2. The number of likely N-dealkylation sites (N-methyl/N-ethyl adjacent to an activating group) is 1. The molecule has 90 valence electrons. The minimum Gasteiger partial charge on any atom is -0.351 e. The molecule has 1 fully saturated rings. The predicted molar refractivity (Wildman–Crippen MR) is 63.3 cm³/mol. The monoisotopic (exact) mass is 234 g/mol. The SMILES string of the molecule is CCN(c1cc2n[nH]c(=O)n2cn1)C1CNC1. The molecule has 0 amide bonds. The van der Waals surface area contributed by atoms with Gasteiger partial charge in [-0.2, -0.15) is 5.10 Å². The van der Waals surface area contributed by atoms with Crippen LogP contribution in [-0.4, -0.2) is 45.3 Å². The number of aromatic amines is 1. The summed E-state index contributed by atoms with van der Waals surface area (Å²) in [6.45, 7) is 4.95. The predicted octanol–water partition coefficient (Wildman–Crippen LogP) is -0.784. The van der Waals surface area contributed by atoms with Gasteiger partial charge in [0, 0.05) is 25.7 Å². The van der Waals surface area contributed by atoms with Crippen molar-refractivity contribution in [2.75, 3.05) is 24.5 Å². The second-order valence-electron chi connectivity index (χ2n) is 4.10. The van der Waals surface area contributed by atoms with E-state index in [-0.39, 0.29) is 5.69 Å². The van der Waals surface area contributed by atoms with Crippen molar-refractivity contribution in [1.82, 2.24) is 24.9 Å². The largest absolute Gasteiger partial charge is 0.351 e. The lowest BCUT2D eigenvalue weighted by Gasteiger charge is -2.38. The van der Waals surface area contributed by atoms with Crippen LogP contribution in [0.15, 0.2) is 17.2 Å². The molecule has 3 heterocycles. The molecule has 0 atom stereocenters. The highest BCUT2D eigenvalue weighted by atomic mass is 16.1. The van der Waals surface area contributed by atoms with Gasteiger partial charge in [0.25, 0.3) is 0 Å². The van der Waals surface area contributed by atoms with Crippen LogP contribution < -0.4 is 15.9 Å². The van der Waals surface area contributed by atoms with Crippen molar-refractivity contribution in [3.63, 3.8) is 0 Å². The quantitative estimate of drug-likeness (QED) is 0.728. The van der Waals surface area contributed by atoms with Crippen LogP contribution in [0.1, 0.15) is 6.92 Å². The molecule has 0 aromatic carbocycles. The van der Waals surface area contributed by atoms with E-state index in [0.717, 1.165) is 25.5 Å². The van der Waals surface area contributed by atoms with E-state index < -0.39 is 0 Å². The first-order valence-electron chi connectivity index (χ1n) is 5.69. The third-order valence-corrected chi connectivity index (χ3v) is 3.13. The highest BCUT2D eigenvalue weighted by Gasteiger charge is 2.24. The Kier molecular flexibility index (Phi) is 2.32. The van der Waals surface area contributed by atoms with Gasteiger partial charge in [0.2, 0.25) is 0 Å². The summed E-state index contributed by atoms with van der Waals surface area (Å²) >= 11 is 0. The molecule has 2 aromatic rings. The zero-order valence-electron chi connectivity index (χ0n) is 9.55. The molecular weight excluding hydrogens is 220 g/mol. The molecule has 0 bridgehead atoms. The molecule has 0 radical (unpaired) electrons. The summed E-state index contributed by atoms with van der Waals surface area (Å²) in [5, 5.41) is 9.59. The molecule has 2 aromatic heterocycles. The maximum Gasteiger partial charge on any atom is 0.348 e. The molecule has 7 heteroatoms. The zero-order chi connectivity index (χ0) is 11.8. The molecule has 1 aliphatic heterocycles. The van der Waals surface area contributed by atoms with Gasteiger partial charge in [0.05, 0.1) is 6.04 Å². The highest BCUT2D eigenvalue weighted by molar-refractivity contribution is 5.51. The number of rotatable bonds is 3. The smallest absolute Gasteiger partial charge is 0.348 e. The van der Waals surface area contributed by atoms with Crippen molar-refractivity contribution in [2.45, 2.75) is 13.0 Å². The molecule has 1 aliphatic rings. The lowest BCUT2D eigenvalue weighted by atomic mass is 10.1. The maximum atomic E-state index is 11.3. The van der Waals surface area contributed by atoms with Crippen LogP contribution in [0.3, 0.4) is 0 Å². The van der Waals surface area contributed by atoms with Gasteiger partial charge >= 0.3 is 5.69 Å². The van der Waals surface area contributed by atoms with Gasteiger partial charge in [0.15, 0.2) is 5.65 Å². The van der Waals surface area contributed by atoms with Gasteiger partial charge in [-0.1, -0.05) is 0 Å². The zero-order valence-corrected chi connectivity index (χ0v) is 9.55. The molecule has 0 spiro atoms. The van der Waals surface area contributed by atoms with Crippen LogP contribution in [0.2, 0.25) is 0 Å². The van der Waals surface area contributed by atoms with Crippen LogP contribution in [0.5, 0.6) is 0 Å². The second kappa shape index (κ2) is 3.85. The molecule has 17 heavy (non-hydrogen) atoms. The first-order chi connectivity index (χ1) is 8.29. The molecule has 0 unspecified atom stereocenters. The van der Waals surface area contributed by atoms with Crippen molar-refractivity contribution >= 4 is 11.5 Å². The summed E-state index contributed by atoms with van der Waals surface area (Å²) in [6.07, 6.45) is 1.52. The Balaban J connectivity index is 2.01. The molecule has 1 saturated heterocycles. The standard InChI is InChI=1S/C10H14N6O/c1-2-15(7-4-11-5-7)8-3-9-13-14-10(17)16(9)6-12-8/h3,6-7,11H,2,4-5H2,1H3,(H,14,17). The number of anilines is 1. The fourth-order valence-corrected chi connectivity index (χ4v) is 2.06. The lowest BCUT2D eigenvalue weighted by Crippen LogP contribution is -2.57. The van der Waals surface area contributed by atoms with Gasteiger partial charge in [-0.15, -0.1) is 0 Å². The van der Waals surface area contributed by atoms with E-state index in [0.29, 0.717) is 11.7 Å². The van der Waals surface area contributed by atoms with Crippen LogP contribution in [0.25, 0.3) is 5.65 Å². The van der Waals surface area contributed by atoms with E-state index in [2.05, 4.69) is 32.3 Å². The third-order valence-electron chi connectivity index (χ3n) is 3.13. The highest BCUT2D eigenvalue weighted by Crippen LogP contribution is 2.16. The Morgan fingerprint density at radius 2 is 2.41 bits per heavy atom. The van der Waals surface area contributed by atoms with Crippen LogP contribution in [0, 0.1) is 0 Å². The summed E-state index contributed by atoms with van der Waals surface area (Å²) in [5.74, 6) is 0.866. The number of fused-ring (bicyclic) bond motifs is 1. The van der Waals surface area contributed by atoms with Crippen molar-refractivity contribution in [3.05, 3.63) is 22.9 Å². The van der Waals surface area contributed by atoms with E-state index in [1.165, 1.54) is 10.7 Å². The first-order valence-corrected chi connectivity index (χ1v) is 5.69. The second-order valence-corrected chi connectivity index (χ2v) is 4.10. The first kappa shape index (κ1) is 10.3. The number of nitrogens with zero attached hydrogens (tertiary/aromatic N) is 4. The normalized spacial score (nSPS) is 16.1. The summed E-state index contributed by atoms with van der Waals surface area (Å²) < 4.78 is 1.40. The van der Waals surface area contributed by atoms with E-state index in [1.54, 1.807) is 0 Å². The number of aromatic nitrogens is 4. The average molecular weight is 234 g/mol. The maximum absolute atomic E-state index is 11.3. The molecule has 3 rings (SSSR count). The van der Waals surface area contributed by atoms with E-state index in [4.69, 9.17) is 0 Å². The van der Waals surface area contributed by atoms with Crippen molar-refractivity contribution in [2.24, 2.45) is 0 Å².